The molecule has 0 N–H and O–H groups in total. The Kier molecular flexibility index (Phi) is 3.07. The molecule has 2 atom stereocenters. The molecule has 1 heterocycles. The molecule has 3 nitrogen and oxygen atoms in total. The lowest BCUT2D eigenvalue weighted by Crippen LogP contribution is -2.39. The zero-order valence-electron chi connectivity index (χ0n) is 9.83. The fraction of sp³-hybridized carbons (Fsp3) is 0.909. The Morgan fingerprint density at radius 3 is 2.29 bits per heavy atom. The molecule has 0 bridgehead atoms. The van der Waals surface area contributed by atoms with Crippen molar-refractivity contribution in [3.8, 4) is 0 Å². The predicted octanol–water partition coefficient (Wildman–Crippen LogP) is 2.65. The molecule has 0 unspecified atom stereocenters. The number of likely N-dealkylation sites (tertiary alicyclic amines) is 1. The Bertz CT molecular complexity index is 220. The van der Waals surface area contributed by atoms with Crippen molar-refractivity contribution >= 4 is 6.09 Å². The smallest absolute Gasteiger partial charge is 0.410 e. The zero-order valence-corrected chi connectivity index (χ0v) is 9.83. The second-order valence-corrected chi connectivity index (χ2v) is 5.18. The third-order valence-corrected chi connectivity index (χ3v) is 2.77. The van der Waals surface area contributed by atoms with Crippen molar-refractivity contribution in [3.63, 3.8) is 0 Å². The minimum atomic E-state index is -0.386. The Morgan fingerprint density at radius 2 is 1.93 bits per heavy atom. The first-order valence-electron chi connectivity index (χ1n) is 5.31. The van der Waals surface area contributed by atoms with Crippen LogP contribution in [0.4, 0.5) is 4.79 Å². The summed E-state index contributed by atoms with van der Waals surface area (Å²) in [7, 11) is 0. The predicted molar refractivity (Wildman–Crippen MR) is 56.2 cm³/mol. The van der Waals surface area contributed by atoms with Crippen molar-refractivity contribution in [2.45, 2.75) is 52.7 Å². The first kappa shape index (κ1) is 11.3. The third kappa shape index (κ3) is 2.63. The van der Waals surface area contributed by atoms with E-state index in [1.807, 2.05) is 25.7 Å². The van der Waals surface area contributed by atoms with E-state index in [9.17, 15) is 4.79 Å². The summed E-state index contributed by atoms with van der Waals surface area (Å²) in [5.74, 6) is 0.586. The minimum Gasteiger partial charge on any atom is -0.444 e. The molecule has 82 valence electrons. The summed E-state index contributed by atoms with van der Waals surface area (Å²) < 4.78 is 5.33. The first-order chi connectivity index (χ1) is 6.31. The highest BCUT2D eigenvalue weighted by Gasteiger charge is 2.33. The van der Waals surface area contributed by atoms with Gasteiger partial charge in [0, 0.05) is 12.6 Å². The average Bonchev–Trinajstić information content (AvgIpc) is 2.29. The first-order valence-corrected chi connectivity index (χ1v) is 5.31. The van der Waals surface area contributed by atoms with Gasteiger partial charge in [-0.3, -0.25) is 0 Å². The zero-order chi connectivity index (χ0) is 10.9. The van der Waals surface area contributed by atoms with Gasteiger partial charge in [0.1, 0.15) is 5.60 Å². The lowest BCUT2D eigenvalue weighted by atomic mass is 10.1. The van der Waals surface area contributed by atoms with Crippen LogP contribution in [-0.4, -0.2) is 29.2 Å². The van der Waals surface area contributed by atoms with E-state index in [1.54, 1.807) is 0 Å². The van der Waals surface area contributed by atoms with Gasteiger partial charge in [0.25, 0.3) is 0 Å². The normalized spacial score (nSPS) is 27.9. The van der Waals surface area contributed by atoms with Gasteiger partial charge in [0.2, 0.25) is 0 Å². The van der Waals surface area contributed by atoms with Crippen molar-refractivity contribution in [3.05, 3.63) is 0 Å². The maximum absolute atomic E-state index is 11.7. The number of amides is 1. The summed E-state index contributed by atoms with van der Waals surface area (Å²) >= 11 is 0. The van der Waals surface area contributed by atoms with E-state index in [0.29, 0.717) is 12.0 Å². The van der Waals surface area contributed by atoms with Crippen LogP contribution in [0, 0.1) is 5.92 Å². The fourth-order valence-electron chi connectivity index (χ4n) is 1.67. The molecule has 1 amide bonds. The average molecular weight is 199 g/mol. The van der Waals surface area contributed by atoms with E-state index < -0.39 is 0 Å². The van der Waals surface area contributed by atoms with Crippen LogP contribution in [0.5, 0.6) is 0 Å². The molecule has 0 spiro atoms. The van der Waals surface area contributed by atoms with E-state index in [1.165, 1.54) is 0 Å². The summed E-state index contributed by atoms with van der Waals surface area (Å²) in [5, 5.41) is 0. The second-order valence-electron chi connectivity index (χ2n) is 5.18. The van der Waals surface area contributed by atoms with Crippen LogP contribution in [0.3, 0.4) is 0 Å². The van der Waals surface area contributed by atoms with E-state index in [0.717, 1.165) is 13.0 Å². The molecular formula is C11H21NO2. The molecule has 1 rings (SSSR count). The van der Waals surface area contributed by atoms with Crippen LogP contribution >= 0.6 is 0 Å². The maximum Gasteiger partial charge on any atom is 0.410 e. The molecule has 0 aromatic carbocycles. The molecule has 0 aliphatic carbocycles. The molecular weight excluding hydrogens is 178 g/mol. The maximum atomic E-state index is 11.7. The Labute approximate surface area is 86.4 Å². The number of ether oxygens (including phenoxy) is 1. The van der Waals surface area contributed by atoms with E-state index in [2.05, 4.69) is 13.8 Å². The van der Waals surface area contributed by atoms with Crippen LogP contribution < -0.4 is 0 Å². The number of hydrogen-bond donors (Lipinski definition) is 0. The quantitative estimate of drug-likeness (QED) is 0.600. The fourth-order valence-corrected chi connectivity index (χ4v) is 1.67. The summed E-state index contributed by atoms with van der Waals surface area (Å²) in [6.07, 6.45) is 0.912. The monoisotopic (exact) mass is 199 g/mol. The molecule has 1 aliphatic heterocycles. The highest BCUT2D eigenvalue weighted by molar-refractivity contribution is 5.68. The summed E-state index contributed by atoms with van der Waals surface area (Å²) in [4.78, 5) is 13.5. The number of nitrogens with zero attached hydrogens (tertiary/aromatic N) is 1. The van der Waals surface area contributed by atoms with Crippen molar-refractivity contribution in [1.82, 2.24) is 4.90 Å². The highest BCUT2D eigenvalue weighted by atomic mass is 16.6. The molecule has 14 heavy (non-hydrogen) atoms. The number of carbonyl (C=O) groups excluding carboxylic acids is 1. The SMILES string of the molecule is C[C@H]1CCN(C(=O)OC(C)(C)C)[C@H]1C. The Balaban J connectivity index is 2.54. The van der Waals surface area contributed by atoms with Gasteiger partial charge in [-0.1, -0.05) is 6.92 Å². The summed E-state index contributed by atoms with van der Waals surface area (Å²) in [5.41, 5.74) is -0.386. The van der Waals surface area contributed by atoms with E-state index in [-0.39, 0.29) is 11.7 Å². The molecule has 1 fully saturated rings. The van der Waals surface area contributed by atoms with Crippen LogP contribution in [0.1, 0.15) is 41.0 Å². The lowest BCUT2D eigenvalue weighted by Gasteiger charge is -2.27. The van der Waals surface area contributed by atoms with Crippen molar-refractivity contribution in [1.29, 1.82) is 0 Å². The van der Waals surface area contributed by atoms with Crippen LogP contribution in [-0.2, 0) is 4.74 Å². The van der Waals surface area contributed by atoms with Gasteiger partial charge in [-0.05, 0) is 40.0 Å². The Hall–Kier alpha value is -0.730. The van der Waals surface area contributed by atoms with Crippen LogP contribution in [0.15, 0.2) is 0 Å². The molecule has 0 saturated carbocycles. The summed E-state index contributed by atoms with van der Waals surface area (Å²) in [6, 6.07) is 0.310. The van der Waals surface area contributed by atoms with Gasteiger partial charge >= 0.3 is 6.09 Å². The number of carbonyl (C=O) groups is 1. The Morgan fingerprint density at radius 1 is 1.36 bits per heavy atom. The van der Waals surface area contributed by atoms with Crippen molar-refractivity contribution in [2.24, 2.45) is 5.92 Å². The van der Waals surface area contributed by atoms with Crippen LogP contribution in [0.2, 0.25) is 0 Å². The van der Waals surface area contributed by atoms with Gasteiger partial charge in [-0.2, -0.15) is 0 Å². The molecule has 1 aliphatic rings. The van der Waals surface area contributed by atoms with Gasteiger partial charge < -0.3 is 9.64 Å². The van der Waals surface area contributed by atoms with Crippen molar-refractivity contribution in [2.75, 3.05) is 6.54 Å². The highest BCUT2D eigenvalue weighted by Crippen LogP contribution is 2.25. The largest absolute Gasteiger partial charge is 0.444 e. The third-order valence-electron chi connectivity index (χ3n) is 2.77. The summed E-state index contributed by atoms with van der Waals surface area (Å²) in [6.45, 7) is 10.8. The molecule has 0 radical (unpaired) electrons. The van der Waals surface area contributed by atoms with Gasteiger partial charge in [-0.15, -0.1) is 0 Å². The van der Waals surface area contributed by atoms with Gasteiger partial charge in [0.05, 0.1) is 0 Å². The molecule has 3 heteroatoms. The number of rotatable bonds is 0. The topological polar surface area (TPSA) is 29.5 Å². The molecule has 1 saturated heterocycles. The molecule has 0 aromatic rings. The second kappa shape index (κ2) is 3.79. The van der Waals surface area contributed by atoms with Crippen LogP contribution in [0.25, 0.3) is 0 Å². The van der Waals surface area contributed by atoms with E-state index >= 15 is 0 Å². The molecule has 0 aromatic heterocycles. The number of hydrogen-bond acceptors (Lipinski definition) is 2. The van der Waals surface area contributed by atoms with Gasteiger partial charge in [-0.25, -0.2) is 4.79 Å². The standard InChI is InChI=1S/C11H21NO2/c1-8-6-7-12(9(8)2)10(13)14-11(3,4)5/h8-9H,6-7H2,1-5H3/t8-,9-/m0/s1. The van der Waals surface area contributed by atoms with E-state index in [4.69, 9.17) is 4.74 Å². The minimum absolute atomic E-state index is 0.172. The van der Waals surface area contributed by atoms with Gasteiger partial charge in [0.15, 0.2) is 0 Å². The lowest BCUT2D eigenvalue weighted by molar-refractivity contribution is 0.0225. The van der Waals surface area contributed by atoms with Crippen molar-refractivity contribution < 1.29 is 9.53 Å².